The van der Waals surface area contributed by atoms with Crippen LogP contribution in [0.5, 0.6) is 28.7 Å². The van der Waals surface area contributed by atoms with Crippen molar-refractivity contribution in [1.82, 2.24) is 4.98 Å². The minimum Gasteiger partial charge on any atom is -0.508 e. The fraction of sp³-hybridized carbons (Fsp3) is 0.105. The third-order valence-corrected chi connectivity index (χ3v) is 4.24. The van der Waals surface area contributed by atoms with Crippen molar-refractivity contribution in [1.29, 1.82) is 0 Å². The van der Waals surface area contributed by atoms with E-state index in [-0.39, 0.29) is 28.6 Å². The monoisotopic (exact) mass is 353 g/mol. The number of phenols is 2. The van der Waals surface area contributed by atoms with Gasteiger partial charge in [-0.15, -0.1) is 0 Å². The number of aromatic nitrogens is 1. The van der Waals surface area contributed by atoms with Crippen LogP contribution >= 0.6 is 0 Å². The minimum atomic E-state index is -0.452. The second kappa shape index (κ2) is 5.73. The Morgan fingerprint density at radius 3 is 2.54 bits per heavy atom. The fourth-order valence-corrected chi connectivity index (χ4v) is 3.01. The lowest BCUT2D eigenvalue weighted by Gasteiger charge is -2.07. The quantitative estimate of drug-likeness (QED) is 0.625. The van der Waals surface area contributed by atoms with Crippen LogP contribution in [-0.2, 0) is 0 Å². The van der Waals surface area contributed by atoms with Gasteiger partial charge in [0, 0.05) is 40.9 Å². The van der Waals surface area contributed by atoms with Gasteiger partial charge in [0.1, 0.15) is 22.8 Å². The Kier molecular flexibility index (Phi) is 3.50. The number of aromatic amines is 1. The Morgan fingerprint density at radius 1 is 1.08 bits per heavy atom. The van der Waals surface area contributed by atoms with E-state index in [0.29, 0.717) is 17.1 Å². The molecule has 2 aromatic carbocycles. The molecule has 1 aliphatic heterocycles. The first-order valence-electron chi connectivity index (χ1n) is 7.75. The Morgan fingerprint density at radius 2 is 1.81 bits per heavy atom. The van der Waals surface area contributed by atoms with Crippen LogP contribution in [0.4, 0.5) is 0 Å². The molecule has 2 heterocycles. The van der Waals surface area contributed by atoms with Gasteiger partial charge in [-0.25, -0.2) is 0 Å². The van der Waals surface area contributed by atoms with Gasteiger partial charge >= 0.3 is 0 Å². The van der Waals surface area contributed by atoms with Crippen molar-refractivity contribution < 1.29 is 29.2 Å². The molecule has 26 heavy (non-hydrogen) atoms. The number of phenolic OH excluding ortho intramolecular Hbond substituents is 2. The highest BCUT2D eigenvalue weighted by Crippen LogP contribution is 2.41. The van der Waals surface area contributed by atoms with E-state index in [4.69, 9.17) is 14.2 Å². The fourth-order valence-electron chi connectivity index (χ4n) is 3.01. The van der Waals surface area contributed by atoms with Crippen molar-refractivity contribution in [2.45, 2.75) is 0 Å². The number of methoxy groups -OCH3 is 2. The van der Waals surface area contributed by atoms with Crippen molar-refractivity contribution in [3.63, 3.8) is 0 Å². The summed E-state index contributed by atoms with van der Waals surface area (Å²) in [5, 5.41) is 20.3. The second-order valence-electron chi connectivity index (χ2n) is 5.77. The van der Waals surface area contributed by atoms with Crippen LogP contribution in [0.15, 0.2) is 36.2 Å². The van der Waals surface area contributed by atoms with Gasteiger partial charge in [0.2, 0.25) is 5.78 Å². The lowest BCUT2D eigenvalue weighted by molar-refractivity contribution is 0.101. The number of hydrogen-bond donors (Lipinski definition) is 3. The predicted octanol–water partition coefficient (Wildman–Crippen LogP) is 3.21. The zero-order valence-corrected chi connectivity index (χ0v) is 14.0. The Bertz CT molecular complexity index is 1080. The van der Waals surface area contributed by atoms with Crippen molar-refractivity contribution in [3.05, 3.63) is 47.3 Å². The molecule has 0 fully saturated rings. The molecule has 0 radical (unpaired) electrons. The molecule has 0 unspecified atom stereocenters. The Hall–Kier alpha value is -3.61. The average Bonchev–Trinajstić information content (AvgIpc) is 3.14. The van der Waals surface area contributed by atoms with Gasteiger partial charge in [-0.2, -0.15) is 0 Å². The Balaban J connectivity index is 1.80. The molecule has 3 aromatic rings. The largest absolute Gasteiger partial charge is 0.508 e. The predicted molar refractivity (Wildman–Crippen MR) is 94.1 cm³/mol. The Labute approximate surface area is 148 Å². The SMILES string of the molecule is COc1cc2[nH]cc(/C=C3/Oc4cc(O)cc(O)c4C3=O)c2cc1OC. The number of nitrogens with one attached hydrogen (secondary N) is 1. The van der Waals surface area contributed by atoms with E-state index < -0.39 is 5.78 Å². The summed E-state index contributed by atoms with van der Waals surface area (Å²) in [4.78, 5) is 15.6. The van der Waals surface area contributed by atoms with Gasteiger partial charge in [0.05, 0.1) is 14.2 Å². The molecule has 0 spiro atoms. The highest BCUT2D eigenvalue weighted by atomic mass is 16.5. The molecule has 132 valence electrons. The molecular weight excluding hydrogens is 338 g/mol. The topological polar surface area (TPSA) is 101 Å². The van der Waals surface area contributed by atoms with E-state index >= 15 is 0 Å². The van der Waals surface area contributed by atoms with Gasteiger partial charge in [-0.1, -0.05) is 0 Å². The molecule has 1 aromatic heterocycles. The summed E-state index contributed by atoms with van der Waals surface area (Å²) < 4.78 is 16.1. The number of aromatic hydroxyl groups is 2. The summed E-state index contributed by atoms with van der Waals surface area (Å²) in [6, 6.07) is 5.99. The number of ether oxygens (including phenoxy) is 3. The van der Waals surface area contributed by atoms with E-state index in [1.54, 1.807) is 38.6 Å². The van der Waals surface area contributed by atoms with Crippen molar-refractivity contribution in [3.8, 4) is 28.7 Å². The molecule has 3 N–H and O–H groups in total. The molecule has 0 bridgehead atoms. The summed E-state index contributed by atoms with van der Waals surface area (Å²) in [7, 11) is 3.10. The van der Waals surface area contributed by atoms with Crippen LogP contribution in [0.2, 0.25) is 0 Å². The van der Waals surface area contributed by atoms with Crippen LogP contribution in [0, 0.1) is 0 Å². The number of carbonyl (C=O) groups excluding carboxylic acids is 1. The number of fused-ring (bicyclic) bond motifs is 2. The number of carbonyl (C=O) groups is 1. The number of Topliss-reactive ketones (excluding diaryl/α,β-unsaturated/α-hetero) is 1. The zero-order chi connectivity index (χ0) is 18.4. The highest BCUT2D eigenvalue weighted by molar-refractivity contribution is 6.16. The van der Waals surface area contributed by atoms with Crippen LogP contribution < -0.4 is 14.2 Å². The lowest BCUT2D eigenvalue weighted by Crippen LogP contribution is -1.98. The van der Waals surface area contributed by atoms with Crippen LogP contribution in [-0.4, -0.2) is 35.2 Å². The molecule has 0 atom stereocenters. The number of rotatable bonds is 3. The number of allylic oxidation sites excluding steroid dienone is 1. The summed E-state index contributed by atoms with van der Waals surface area (Å²) >= 11 is 0. The number of hydrogen-bond acceptors (Lipinski definition) is 6. The standard InChI is InChI=1S/C19H15NO6/c1-24-14-6-11-9(8-20-12(11)7-15(14)25-2)3-17-19(23)18-13(22)4-10(21)5-16(18)26-17/h3-8,20-22H,1-2H3/b17-3+. The van der Waals surface area contributed by atoms with E-state index in [0.717, 1.165) is 17.0 Å². The van der Waals surface area contributed by atoms with E-state index in [1.807, 2.05) is 0 Å². The first kappa shape index (κ1) is 15.9. The first-order valence-corrected chi connectivity index (χ1v) is 7.75. The maximum Gasteiger partial charge on any atom is 0.235 e. The number of ketones is 1. The minimum absolute atomic E-state index is 0.0353. The number of benzene rings is 2. The summed E-state index contributed by atoms with van der Waals surface area (Å²) in [6.07, 6.45) is 3.30. The smallest absolute Gasteiger partial charge is 0.235 e. The molecule has 1 aliphatic rings. The molecule has 7 heteroatoms. The van der Waals surface area contributed by atoms with Crippen LogP contribution in [0.3, 0.4) is 0 Å². The summed E-state index contributed by atoms with van der Waals surface area (Å²) in [5.74, 6) is 0.366. The normalized spacial score (nSPS) is 14.5. The summed E-state index contributed by atoms with van der Waals surface area (Å²) in [6.45, 7) is 0. The molecule has 4 rings (SSSR count). The van der Waals surface area contributed by atoms with E-state index in [2.05, 4.69) is 4.98 Å². The molecule has 7 nitrogen and oxygen atoms in total. The molecule has 0 aliphatic carbocycles. The summed E-state index contributed by atoms with van der Waals surface area (Å²) in [5.41, 5.74) is 1.55. The van der Waals surface area contributed by atoms with Crippen molar-refractivity contribution in [2.75, 3.05) is 14.2 Å². The van der Waals surface area contributed by atoms with Gasteiger partial charge in [0.25, 0.3) is 0 Å². The zero-order valence-electron chi connectivity index (χ0n) is 14.0. The van der Waals surface area contributed by atoms with Crippen molar-refractivity contribution in [2.24, 2.45) is 0 Å². The van der Waals surface area contributed by atoms with E-state index in [9.17, 15) is 15.0 Å². The second-order valence-corrected chi connectivity index (χ2v) is 5.77. The molecule has 0 saturated carbocycles. The van der Waals surface area contributed by atoms with Gasteiger partial charge in [-0.05, 0) is 12.1 Å². The third kappa shape index (κ3) is 2.33. The van der Waals surface area contributed by atoms with Crippen molar-refractivity contribution >= 4 is 22.8 Å². The van der Waals surface area contributed by atoms with Gasteiger partial charge in [-0.3, -0.25) is 4.79 Å². The average molecular weight is 353 g/mol. The third-order valence-electron chi connectivity index (χ3n) is 4.24. The first-order chi connectivity index (χ1) is 12.5. The molecule has 0 saturated heterocycles. The van der Waals surface area contributed by atoms with E-state index in [1.165, 1.54) is 6.07 Å². The molecular formula is C19H15NO6. The maximum absolute atomic E-state index is 12.5. The highest BCUT2D eigenvalue weighted by Gasteiger charge is 2.31. The lowest BCUT2D eigenvalue weighted by atomic mass is 10.1. The van der Waals surface area contributed by atoms with Gasteiger partial charge in [0.15, 0.2) is 17.3 Å². The molecule has 0 amide bonds. The van der Waals surface area contributed by atoms with Gasteiger partial charge < -0.3 is 29.4 Å². The van der Waals surface area contributed by atoms with Crippen LogP contribution in [0.25, 0.3) is 17.0 Å². The van der Waals surface area contributed by atoms with Crippen LogP contribution in [0.1, 0.15) is 15.9 Å². The maximum atomic E-state index is 12.5. The number of H-pyrrole nitrogens is 1.